The summed E-state index contributed by atoms with van der Waals surface area (Å²) in [6.07, 6.45) is 1.25. The number of hydrogen-bond acceptors (Lipinski definition) is 1. The molecule has 0 fully saturated rings. The second-order valence-corrected chi connectivity index (χ2v) is 4.09. The van der Waals surface area contributed by atoms with Crippen molar-refractivity contribution in [1.82, 2.24) is 5.32 Å². The molecular weight excluding hydrogens is 246 g/mol. The maximum atomic E-state index is 11.7. The molecule has 2 aromatic carbocycles. The SMILES string of the molecule is CC.CCC.CCNC(=O)c1cccc2ccccc12. The summed E-state index contributed by atoms with van der Waals surface area (Å²) in [5.41, 5.74) is 0.745. The number of rotatable bonds is 2. The van der Waals surface area contributed by atoms with Gasteiger partial charge in [-0.15, -0.1) is 0 Å². The van der Waals surface area contributed by atoms with Gasteiger partial charge in [0.2, 0.25) is 0 Å². The Morgan fingerprint density at radius 1 is 0.950 bits per heavy atom. The van der Waals surface area contributed by atoms with Crippen LogP contribution in [0.3, 0.4) is 0 Å². The van der Waals surface area contributed by atoms with Gasteiger partial charge in [-0.3, -0.25) is 4.79 Å². The average Bonchev–Trinajstić information content (AvgIpc) is 2.50. The minimum absolute atomic E-state index is 0.00528. The predicted molar refractivity (Wildman–Crippen MR) is 89.3 cm³/mol. The zero-order valence-corrected chi connectivity index (χ0v) is 13.4. The summed E-state index contributed by atoms with van der Waals surface area (Å²) in [7, 11) is 0. The minimum Gasteiger partial charge on any atom is -0.352 e. The molecule has 110 valence electrons. The lowest BCUT2D eigenvalue weighted by atomic mass is 10.0. The van der Waals surface area contributed by atoms with Gasteiger partial charge in [0.25, 0.3) is 5.91 Å². The lowest BCUT2D eigenvalue weighted by molar-refractivity contribution is 0.0957. The van der Waals surface area contributed by atoms with E-state index in [1.807, 2.05) is 63.2 Å². The van der Waals surface area contributed by atoms with Gasteiger partial charge in [-0.25, -0.2) is 0 Å². The monoisotopic (exact) mass is 273 g/mol. The fourth-order valence-electron chi connectivity index (χ4n) is 1.68. The molecule has 0 bridgehead atoms. The Morgan fingerprint density at radius 3 is 2.10 bits per heavy atom. The van der Waals surface area contributed by atoms with Crippen molar-refractivity contribution in [1.29, 1.82) is 0 Å². The zero-order chi connectivity index (χ0) is 15.4. The quantitative estimate of drug-likeness (QED) is 0.816. The van der Waals surface area contributed by atoms with E-state index < -0.39 is 0 Å². The van der Waals surface area contributed by atoms with Crippen LogP contribution < -0.4 is 5.32 Å². The number of carbonyl (C=O) groups excluding carboxylic acids is 1. The van der Waals surface area contributed by atoms with Crippen molar-refractivity contribution in [3.05, 3.63) is 48.0 Å². The highest BCUT2D eigenvalue weighted by molar-refractivity contribution is 6.06. The molecule has 2 aromatic rings. The molecule has 0 aliphatic heterocycles. The van der Waals surface area contributed by atoms with Crippen molar-refractivity contribution in [2.24, 2.45) is 0 Å². The van der Waals surface area contributed by atoms with Crippen LogP contribution in [0.15, 0.2) is 42.5 Å². The molecule has 2 heteroatoms. The average molecular weight is 273 g/mol. The lowest BCUT2D eigenvalue weighted by Gasteiger charge is -2.05. The van der Waals surface area contributed by atoms with E-state index in [1.54, 1.807) is 0 Å². The van der Waals surface area contributed by atoms with E-state index in [4.69, 9.17) is 0 Å². The van der Waals surface area contributed by atoms with Gasteiger partial charge >= 0.3 is 0 Å². The molecule has 0 saturated carbocycles. The van der Waals surface area contributed by atoms with E-state index in [2.05, 4.69) is 19.2 Å². The highest BCUT2D eigenvalue weighted by Gasteiger charge is 2.07. The Kier molecular flexibility index (Phi) is 10.0. The fourth-order valence-corrected chi connectivity index (χ4v) is 1.68. The maximum Gasteiger partial charge on any atom is 0.251 e. The molecule has 0 aliphatic carbocycles. The first-order chi connectivity index (χ1) is 9.74. The summed E-state index contributed by atoms with van der Waals surface area (Å²) in [4.78, 5) is 11.7. The third-order valence-electron chi connectivity index (χ3n) is 2.37. The molecule has 0 aliphatic rings. The van der Waals surface area contributed by atoms with E-state index in [0.717, 1.165) is 16.3 Å². The van der Waals surface area contributed by atoms with Gasteiger partial charge < -0.3 is 5.32 Å². The number of amides is 1. The van der Waals surface area contributed by atoms with E-state index >= 15 is 0 Å². The van der Waals surface area contributed by atoms with Crippen molar-refractivity contribution in [3.63, 3.8) is 0 Å². The molecular formula is C18H27NO. The standard InChI is InChI=1S/C13H13NO.C3H8.C2H6/c1-2-14-13(15)12-9-5-7-10-6-3-4-8-11(10)12;1-3-2;1-2/h3-9H,2H2,1H3,(H,14,15);3H2,1-2H3;1-2H3. The Bertz CT molecular complexity index is 500. The molecule has 0 unspecified atom stereocenters. The van der Waals surface area contributed by atoms with E-state index in [9.17, 15) is 4.79 Å². The Balaban J connectivity index is 0.000000641. The maximum absolute atomic E-state index is 11.7. The summed E-state index contributed by atoms with van der Waals surface area (Å²) >= 11 is 0. The largest absolute Gasteiger partial charge is 0.352 e. The fraction of sp³-hybridized carbons (Fsp3) is 0.389. The Labute approximate surface area is 123 Å². The van der Waals surface area contributed by atoms with Crippen molar-refractivity contribution in [2.75, 3.05) is 6.54 Å². The molecule has 0 saturated heterocycles. The summed E-state index contributed by atoms with van der Waals surface area (Å²) in [5.74, 6) is -0.00528. The molecule has 2 nitrogen and oxygen atoms in total. The third kappa shape index (κ3) is 5.43. The van der Waals surface area contributed by atoms with Crippen LogP contribution >= 0.6 is 0 Å². The molecule has 2 rings (SSSR count). The number of fused-ring (bicyclic) bond motifs is 1. The molecule has 1 N–H and O–H groups in total. The van der Waals surface area contributed by atoms with Crippen molar-refractivity contribution < 1.29 is 4.79 Å². The van der Waals surface area contributed by atoms with Gasteiger partial charge in [-0.05, 0) is 23.8 Å². The van der Waals surface area contributed by atoms with E-state index in [1.165, 1.54) is 6.42 Å². The van der Waals surface area contributed by atoms with E-state index in [0.29, 0.717) is 6.54 Å². The van der Waals surface area contributed by atoms with Gasteiger partial charge in [0.1, 0.15) is 0 Å². The molecule has 0 aromatic heterocycles. The van der Waals surface area contributed by atoms with Crippen LogP contribution in [0.2, 0.25) is 0 Å². The van der Waals surface area contributed by atoms with Gasteiger partial charge in [-0.1, -0.05) is 70.5 Å². The van der Waals surface area contributed by atoms with Crippen LogP contribution in [0.4, 0.5) is 0 Å². The Hall–Kier alpha value is -1.83. The lowest BCUT2D eigenvalue weighted by Crippen LogP contribution is -2.22. The molecule has 0 radical (unpaired) electrons. The highest BCUT2D eigenvalue weighted by Crippen LogP contribution is 2.18. The number of carbonyl (C=O) groups is 1. The summed E-state index contributed by atoms with van der Waals surface area (Å²) in [6.45, 7) is 10.8. The normalized spacial score (nSPS) is 8.85. The first-order valence-electron chi connectivity index (χ1n) is 7.50. The minimum atomic E-state index is -0.00528. The van der Waals surface area contributed by atoms with Crippen molar-refractivity contribution >= 4 is 16.7 Å². The van der Waals surface area contributed by atoms with Gasteiger partial charge in [0.05, 0.1) is 0 Å². The first kappa shape index (κ1) is 18.2. The van der Waals surface area contributed by atoms with Crippen LogP contribution in [-0.2, 0) is 0 Å². The highest BCUT2D eigenvalue weighted by atomic mass is 16.1. The van der Waals surface area contributed by atoms with Crippen LogP contribution in [0, 0.1) is 0 Å². The van der Waals surface area contributed by atoms with Crippen LogP contribution in [-0.4, -0.2) is 12.5 Å². The van der Waals surface area contributed by atoms with E-state index in [-0.39, 0.29) is 5.91 Å². The van der Waals surface area contributed by atoms with Crippen LogP contribution in [0.1, 0.15) is 51.4 Å². The summed E-state index contributed by atoms with van der Waals surface area (Å²) < 4.78 is 0. The topological polar surface area (TPSA) is 29.1 Å². The second-order valence-electron chi connectivity index (χ2n) is 4.09. The number of benzene rings is 2. The molecule has 0 atom stereocenters. The summed E-state index contributed by atoms with van der Waals surface area (Å²) in [6, 6.07) is 13.7. The third-order valence-corrected chi connectivity index (χ3v) is 2.37. The van der Waals surface area contributed by atoms with Crippen LogP contribution in [0.25, 0.3) is 10.8 Å². The van der Waals surface area contributed by atoms with Crippen LogP contribution in [0.5, 0.6) is 0 Å². The Morgan fingerprint density at radius 2 is 1.50 bits per heavy atom. The number of hydrogen-bond donors (Lipinski definition) is 1. The van der Waals surface area contributed by atoms with Gasteiger partial charge in [0.15, 0.2) is 0 Å². The zero-order valence-electron chi connectivity index (χ0n) is 13.4. The smallest absolute Gasteiger partial charge is 0.251 e. The summed E-state index contributed by atoms with van der Waals surface area (Å²) in [5, 5.41) is 4.92. The molecule has 1 amide bonds. The van der Waals surface area contributed by atoms with Gasteiger partial charge in [0, 0.05) is 12.1 Å². The van der Waals surface area contributed by atoms with Gasteiger partial charge in [-0.2, -0.15) is 0 Å². The second kappa shape index (κ2) is 11.0. The van der Waals surface area contributed by atoms with Crippen molar-refractivity contribution in [3.8, 4) is 0 Å². The molecule has 0 heterocycles. The molecule has 0 spiro atoms. The predicted octanol–water partition coefficient (Wildman–Crippen LogP) is 5.03. The molecule has 20 heavy (non-hydrogen) atoms. The number of nitrogens with one attached hydrogen (secondary N) is 1. The first-order valence-corrected chi connectivity index (χ1v) is 7.50. The van der Waals surface area contributed by atoms with Crippen molar-refractivity contribution in [2.45, 2.75) is 41.0 Å².